The number of rotatable bonds is 13. The Labute approximate surface area is 216 Å². The molecule has 1 aromatic heterocycles. The minimum Gasteiger partial charge on any atom is -0.493 e. The molecule has 1 N–H and O–H groups in total. The first-order valence-electron chi connectivity index (χ1n) is 11.8. The highest BCUT2D eigenvalue weighted by Crippen LogP contribution is 2.38. The van der Waals surface area contributed by atoms with Crippen LogP contribution in [0.3, 0.4) is 0 Å². The number of nitrogens with one attached hydrogen (secondary N) is 1. The molecular formula is C25H33N3O6S2. The van der Waals surface area contributed by atoms with Crippen LogP contribution in [0.1, 0.15) is 49.9 Å². The molecular weight excluding hydrogens is 502 g/mol. The molecule has 0 aliphatic carbocycles. The number of unbranched alkanes of at least 4 members (excludes halogenated alkanes) is 2. The molecule has 3 aromatic rings. The summed E-state index contributed by atoms with van der Waals surface area (Å²) in [7, 11) is 0.810. The summed E-state index contributed by atoms with van der Waals surface area (Å²) in [5, 5.41) is 3.14. The number of amides is 1. The zero-order valence-corrected chi connectivity index (χ0v) is 22.9. The highest BCUT2D eigenvalue weighted by Gasteiger charge is 2.24. The van der Waals surface area contributed by atoms with Crippen molar-refractivity contribution >= 4 is 42.6 Å². The smallest absolute Gasteiger partial charge is 0.257 e. The topological polar surface area (TPSA) is 107 Å². The molecule has 3 rings (SSSR count). The van der Waals surface area contributed by atoms with E-state index in [4.69, 9.17) is 14.2 Å². The molecule has 9 nitrogen and oxygen atoms in total. The summed E-state index contributed by atoms with van der Waals surface area (Å²) in [6.45, 7) is 5.08. The lowest BCUT2D eigenvalue weighted by Gasteiger charge is -2.21. The predicted molar refractivity (Wildman–Crippen MR) is 142 cm³/mol. The number of benzene rings is 2. The maximum atomic E-state index is 13.3. The summed E-state index contributed by atoms with van der Waals surface area (Å²) in [6.07, 6.45) is 3.45. The van der Waals surface area contributed by atoms with Crippen molar-refractivity contribution in [2.24, 2.45) is 0 Å². The number of carbonyl (C=O) groups excluding carboxylic acids is 1. The van der Waals surface area contributed by atoms with E-state index in [9.17, 15) is 13.2 Å². The maximum Gasteiger partial charge on any atom is 0.257 e. The van der Waals surface area contributed by atoms with Crippen LogP contribution in [0.4, 0.5) is 5.13 Å². The third-order valence-corrected chi connectivity index (χ3v) is 8.50. The van der Waals surface area contributed by atoms with Crippen LogP contribution >= 0.6 is 11.3 Å². The van der Waals surface area contributed by atoms with Crippen LogP contribution in [0.2, 0.25) is 0 Å². The van der Waals surface area contributed by atoms with Crippen molar-refractivity contribution in [3.05, 3.63) is 35.9 Å². The van der Waals surface area contributed by atoms with Gasteiger partial charge in [-0.2, -0.15) is 4.31 Å². The van der Waals surface area contributed by atoms with Gasteiger partial charge in [-0.25, -0.2) is 13.4 Å². The summed E-state index contributed by atoms with van der Waals surface area (Å²) < 4.78 is 44.9. The number of methoxy groups -OCH3 is 3. The van der Waals surface area contributed by atoms with E-state index in [0.717, 1.165) is 25.7 Å². The van der Waals surface area contributed by atoms with Gasteiger partial charge in [0.15, 0.2) is 16.6 Å². The van der Waals surface area contributed by atoms with Crippen molar-refractivity contribution in [2.45, 2.75) is 44.4 Å². The van der Waals surface area contributed by atoms with Crippen LogP contribution in [0.25, 0.3) is 10.2 Å². The van der Waals surface area contributed by atoms with Crippen molar-refractivity contribution in [2.75, 3.05) is 39.7 Å². The summed E-state index contributed by atoms with van der Waals surface area (Å²) in [6, 6.07) is 7.98. The van der Waals surface area contributed by atoms with Gasteiger partial charge < -0.3 is 14.2 Å². The van der Waals surface area contributed by atoms with Crippen molar-refractivity contribution in [1.29, 1.82) is 0 Å². The Morgan fingerprint density at radius 1 is 0.972 bits per heavy atom. The van der Waals surface area contributed by atoms with Gasteiger partial charge in [-0.3, -0.25) is 10.1 Å². The standard InChI is InChI=1S/C25H33N3O6S2/c1-6-8-12-28(13-9-7-2)36(30,31)18-10-11-19-22(16-18)35-25(26-19)27-24(29)17-14-20(32-3)23(34-5)21(15-17)33-4/h10-11,14-16H,6-9,12-13H2,1-5H3,(H,26,27,29). The normalized spacial score (nSPS) is 11.6. The summed E-state index contributed by atoms with van der Waals surface area (Å²) >= 11 is 1.21. The molecule has 0 unspecified atom stereocenters. The fourth-order valence-electron chi connectivity index (χ4n) is 3.67. The molecule has 0 bridgehead atoms. The second-order valence-electron chi connectivity index (χ2n) is 8.13. The number of hydrogen-bond acceptors (Lipinski definition) is 8. The molecule has 0 spiro atoms. The van der Waals surface area contributed by atoms with Gasteiger partial charge in [0.25, 0.3) is 5.91 Å². The Kier molecular flexibility index (Phi) is 9.52. The molecule has 0 atom stereocenters. The SMILES string of the molecule is CCCCN(CCCC)S(=O)(=O)c1ccc2nc(NC(=O)c3cc(OC)c(OC)c(OC)c3)sc2c1. The Morgan fingerprint density at radius 3 is 2.11 bits per heavy atom. The molecule has 2 aromatic carbocycles. The van der Waals surface area contributed by atoms with Crippen LogP contribution in [-0.2, 0) is 10.0 Å². The van der Waals surface area contributed by atoms with E-state index < -0.39 is 15.9 Å². The third kappa shape index (κ3) is 6.08. The molecule has 0 fully saturated rings. The molecule has 0 aliphatic rings. The Hall–Kier alpha value is -2.89. The number of anilines is 1. The molecule has 36 heavy (non-hydrogen) atoms. The van der Waals surface area contributed by atoms with Crippen LogP contribution in [-0.4, -0.2) is 58.0 Å². The zero-order chi connectivity index (χ0) is 26.3. The van der Waals surface area contributed by atoms with E-state index in [1.165, 1.54) is 32.7 Å². The monoisotopic (exact) mass is 535 g/mol. The molecule has 0 aliphatic heterocycles. The highest BCUT2D eigenvalue weighted by atomic mass is 32.2. The first-order chi connectivity index (χ1) is 17.3. The van der Waals surface area contributed by atoms with Gasteiger partial charge in [0.1, 0.15) is 0 Å². The highest BCUT2D eigenvalue weighted by molar-refractivity contribution is 7.89. The van der Waals surface area contributed by atoms with Crippen LogP contribution in [0.5, 0.6) is 17.2 Å². The average Bonchev–Trinajstić information content (AvgIpc) is 3.29. The van der Waals surface area contributed by atoms with Crippen molar-refractivity contribution in [3.8, 4) is 17.2 Å². The Bertz CT molecular complexity index is 1270. The molecule has 196 valence electrons. The van der Waals surface area contributed by atoms with Crippen molar-refractivity contribution < 1.29 is 27.4 Å². The number of aromatic nitrogens is 1. The second-order valence-corrected chi connectivity index (χ2v) is 11.1. The number of fused-ring (bicyclic) bond motifs is 1. The fraction of sp³-hybridized carbons (Fsp3) is 0.440. The molecule has 0 saturated heterocycles. The first kappa shape index (κ1) is 27.7. The molecule has 1 amide bonds. The lowest BCUT2D eigenvalue weighted by Crippen LogP contribution is -2.33. The van der Waals surface area contributed by atoms with Gasteiger partial charge in [0.05, 0.1) is 36.4 Å². The fourth-order valence-corrected chi connectivity index (χ4v) is 6.19. The van der Waals surface area contributed by atoms with E-state index in [0.29, 0.717) is 51.2 Å². The Morgan fingerprint density at radius 2 is 1.58 bits per heavy atom. The minimum atomic E-state index is -3.63. The van der Waals surface area contributed by atoms with Crippen molar-refractivity contribution in [1.82, 2.24) is 9.29 Å². The number of hydrogen-bond donors (Lipinski definition) is 1. The van der Waals surface area contributed by atoms with E-state index in [1.54, 1.807) is 34.6 Å². The van der Waals surface area contributed by atoms with E-state index in [2.05, 4.69) is 10.3 Å². The Balaban J connectivity index is 1.87. The second kappa shape index (κ2) is 12.4. The molecule has 0 radical (unpaired) electrons. The van der Waals surface area contributed by atoms with E-state index >= 15 is 0 Å². The maximum absolute atomic E-state index is 13.3. The van der Waals surface area contributed by atoms with Crippen molar-refractivity contribution in [3.63, 3.8) is 0 Å². The average molecular weight is 536 g/mol. The molecule has 11 heteroatoms. The molecule has 0 saturated carbocycles. The third-order valence-electron chi connectivity index (χ3n) is 5.67. The number of sulfonamides is 1. The predicted octanol–water partition coefficient (Wildman–Crippen LogP) is 5.17. The number of thiazole rings is 1. The van der Waals surface area contributed by atoms with Gasteiger partial charge in [-0.05, 0) is 43.2 Å². The lowest BCUT2D eigenvalue weighted by molar-refractivity contribution is 0.102. The zero-order valence-electron chi connectivity index (χ0n) is 21.3. The number of ether oxygens (including phenoxy) is 3. The van der Waals surface area contributed by atoms with Gasteiger partial charge in [0, 0.05) is 18.7 Å². The summed E-state index contributed by atoms with van der Waals surface area (Å²) in [5.74, 6) is 0.692. The largest absolute Gasteiger partial charge is 0.493 e. The van der Waals surface area contributed by atoms with Gasteiger partial charge >= 0.3 is 0 Å². The van der Waals surface area contributed by atoms with Gasteiger partial charge in [0.2, 0.25) is 15.8 Å². The number of carbonyl (C=O) groups is 1. The van der Waals surface area contributed by atoms with Crippen LogP contribution < -0.4 is 19.5 Å². The van der Waals surface area contributed by atoms with Gasteiger partial charge in [-0.15, -0.1) is 0 Å². The first-order valence-corrected chi connectivity index (χ1v) is 14.1. The lowest BCUT2D eigenvalue weighted by atomic mass is 10.1. The number of nitrogens with zero attached hydrogens (tertiary/aromatic N) is 2. The minimum absolute atomic E-state index is 0.230. The van der Waals surface area contributed by atoms with E-state index in [1.807, 2.05) is 13.8 Å². The van der Waals surface area contributed by atoms with Gasteiger partial charge in [-0.1, -0.05) is 38.0 Å². The summed E-state index contributed by atoms with van der Waals surface area (Å²) in [5.41, 5.74) is 0.905. The summed E-state index contributed by atoms with van der Waals surface area (Å²) in [4.78, 5) is 17.6. The quantitative estimate of drug-likeness (QED) is 0.322. The molecule has 1 heterocycles. The van der Waals surface area contributed by atoms with E-state index in [-0.39, 0.29) is 4.90 Å². The van der Waals surface area contributed by atoms with Crippen LogP contribution in [0, 0.1) is 0 Å². The van der Waals surface area contributed by atoms with Crippen LogP contribution in [0.15, 0.2) is 35.2 Å².